The lowest BCUT2D eigenvalue weighted by Gasteiger charge is -1.98. The predicted octanol–water partition coefficient (Wildman–Crippen LogP) is 2.84. The molecule has 0 saturated heterocycles. The Balaban J connectivity index is 2.69. The Kier molecular flexibility index (Phi) is 1.85. The van der Waals surface area contributed by atoms with Crippen molar-refractivity contribution in [3.63, 3.8) is 0 Å². The summed E-state index contributed by atoms with van der Waals surface area (Å²) in [5, 5.41) is 2.11. The summed E-state index contributed by atoms with van der Waals surface area (Å²) in [6.07, 6.45) is 0. The van der Waals surface area contributed by atoms with Crippen LogP contribution < -0.4 is 0 Å². The molecule has 0 N–H and O–H groups in total. The Bertz CT molecular complexity index is 457. The van der Waals surface area contributed by atoms with E-state index in [1.807, 2.05) is 36.4 Å². The van der Waals surface area contributed by atoms with E-state index < -0.39 is 0 Å². The van der Waals surface area contributed by atoms with Crippen LogP contribution in [0.5, 0.6) is 0 Å². The van der Waals surface area contributed by atoms with Gasteiger partial charge < -0.3 is 0 Å². The molecule has 2 rings (SSSR count). The molecule has 1 nitrogen and oxygen atoms in total. The third-order valence-electron chi connectivity index (χ3n) is 2.07. The van der Waals surface area contributed by atoms with Gasteiger partial charge in [-0.25, -0.2) is 0 Å². The Hall–Kier alpha value is -1.63. The maximum Gasteiger partial charge on any atom is 0.159 e. The summed E-state index contributed by atoms with van der Waals surface area (Å²) in [4.78, 5) is 11.1. The first kappa shape index (κ1) is 7.99. The van der Waals surface area contributed by atoms with E-state index in [1.54, 1.807) is 6.92 Å². The van der Waals surface area contributed by atoms with Crippen molar-refractivity contribution in [2.24, 2.45) is 0 Å². The van der Waals surface area contributed by atoms with Crippen LogP contribution in [0.4, 0.5) is 0 Å². The topological polar surface area (TPSA) is 17.1 Å². The van der Waals surface area contributed by atoms with Crippen LogP contribution >= 0.6 is 0 Å². The first-order chi connectivity index (χ1) is 6.27. The highest BCUT2D eigenvalue weighted by Crippen LogP contribution is 2.15. The molecule has 0 aromatic heterocycles. The highest BCUT2D eigenvalue weighted by atomic mass is 16.1. The fourth-order valence-corrected chi connectivity index (χ4v) is 1.34. The minimum absolute atomic E-state index is 0.103. The molecule has 63 valence electrons. The number of rotatable bonds is 1. The normalized spacial score (nSPS) is 10.2. The van der Waals surface area contributed by atoms with Crippen molar-refractivity contribution in [3.05, 3.63) is 48.0 Å². The van der Waals surface area contributed by atoms with Gasteiger partial charge in [0.2, 0.25) is 0 Å². The number of Topliss-reactive ketones (excluding diaryl/α,β-unsaturated/α-hetero) is 1. The van der Waals surface area contributed by atoms with E-state index in [2.05, 4.69) is 6.07 Å². The zero-order chi connectivity index (χ0) is 9.26. The molecule has 0 aliphatic carbocycles. The molecule has 2 aromatic carbocycles. The van der Waals surface area contributed by atoms with Crippen molar-refractivity contribution in [1.82, 2.24) is 0 Å². The zero-order valence-electron chi connectivity index (χ0n) is 7.37. The predicted molar refractivity (Wildman–Crippen MR) is 52.8 cm³/mol. The van der Waals surface area contributed by atoms with E-state index in [1.165, 1.54) is 0 Å². The first-order valence-corrected chi connectivity index (χ1v) is 4.19. The number of hydrogen-bond acceptors (Lipinski definition) is 1. The molecule has 0 amide bonds. The molecule has 0 spiro atoms. The number of benzene rings is 2. The lowest BCUT2D eigenvalue weighted by molar-refractivity contribution is 0.101. The molecule has 0 heterocycles. The number of carbonyl (C=O) groups is 1. The fourth-order valence-electron chi connectivity index (χ4n) is 1.34. The lowest BCUT2D eigenvalue weighted by Crippen LogP contribution is -1.90. The van der Waals surface area contributed by atoms with Gasteiger partial charge in [0.05, 0.1) is 0 Å². The van der Waals surface area contributed by atoms with Crippen LogP contribution in [0.15, 0.2) is 36.4 Å². The van der Waals surface area contributed by atoms with Gasteiger partial charge in [-0.05, 0) is 29.8 Å². The van der Waals surface area contributed by atoms with E-state index in [-0.39, 0.29) is 5.78 Å². The number of hydrogen-bond donors (Lipinski definition) is 0. The standard InChI is InChI=1S/C12H9O/c1-9(13)11-7-6-10-4-2-3-5-12(10)8-11/h2-3,5-8H,1H3. The summed E-state index contributed by atoms with van der Waals surface area (Å²) < 4.78 is 0. The maximum atomic E-state index is 11.1. The summed E-state index contributed by atoms with van der Waals surface area (Å²) in [6.45, 7) is 1.58. The second kappa shape index (κ2) is 3.02. The summed E-state index contributed by atoms with van der Waals surface area (Å²) in [5.74, 6) is 0.103. The molecular weight excluding hydrogens is 160 g/mol. The third kappa shape index (κ3) is 1.45. The molecule has 1 radical (unpaired) electrons. The number of fused-ring (bicyclic) bond motifs is 1. The Labute approximate surface area is 77.0 Å². The molecule has 0 fully saturated rings. The monoisotopic (exact) mass is 169 g/mol. The van der Waals surface area contributed by atoms with Gasteiger partial charge in [0.1, 0.15) is 0 Å². The van der Waals surface area contributed by atoms with E-state index in [0.717, 1.165) is 16.3 Å². The molecule has 13 heavy (non-hydrogen) atoms. The summed E-state index contributed by atoms with van der Waals surface area (Å²) >= 11 is 0. The third-order valence-corrected chi connectivity index (χ3v) is 2.07. The highest BCUT2D eigenvalue weighted by Gasteiger charge is 1.99. The quantitative estimate of drug-likeness (QED) is 0.600. The largest absolute Gasteiger partial charge is 0.295 e. The number of ketones is 1. The highest BCUT2D eigenvalue weighted by molar-refractivity contribution is 5.98. The average Bonchev–Trinajstić information content (AvgIpc) is 2.17. The average molecular weight is 169 g/mol. The van der Waals surface area contributed by atoms with Crippen LogP contribution in [0.2, 0.25) is 0 Å². The Morgan fingerprint density at radius 2 is 2.15 bits per heavy atom. The van der Waals surface area contributed by atoms with Crippen molar-refractivity contribution in [1.29, 1.82) is 0 Å². The molecule has 0 atom stereocenters. The summed E-state index contributed by atoms with van der Waals surface area (Å²) in [7, 11) is 0. The minimum atomic E-state index is 0.103. The van der Waals surface area contributed by atoms with Gasteiger partial charge in [-0.15, -0.1) is 0 Å². The van der Waals surface area contributed by atoms with Gasteiger partial charge in [-0.3, -0.25) is 4.79 Å². The number of carbonyl (C=O) groups excluding carboxylic acids is 1. The SMILES string of the molecule is CC(=O)c1ccc2[c]cccc2c1. The van der Waals surface area contributed by atoms with Gasteiger partial charge in [0, 0.05) is 5.56 Å². The van der Waals surface area contributed by atoms with Gasteiger partial charge in [0.15, 0.2) is 5.78 Å². The van der Waals surface area contributed by atoms with E-state index >= 15 is 0 Å². The van der Waals surface area contributed by atoms with Gasteiger partial charge in [0.25, 0.3) is 0 Å². The van der Waals surface area contributed by atoms with Crippen LogP contribution in [0, 0.1) is 6.07 Å². The second-order valence-electron chi connectivity index (χ2n) is 3.03. The van der Waals surface area contributed by atoms with Crippen molar-refractivity contribution in [3.8, 4) is 0 Å². The van der Waals surface area contributed by atoms with Crippen molar-refractivity contribution < 1.29 is 4.79 Å². The van der Waals surface area contributed by atoms with Crippen LogP contribution in [0.25, 0.3) is 10.8 Å². The second-order valence-corrected chi connectivity index (χ2v) is 3.03. The first-order valence-electron chi connectivity index (χ1n) is 4.19. The molecule has 0 aliphatic rings. The van der Waals surface area contributed by atoms with Crippen molar-refractivity contribution in [2.45, 2.75) is 6.92 Å². The lowest BCUT2D eigenvalue weighted by atomic mass is 10.1. The van der Waals surface area contributed by atoms with Crippen LogP contribution in [-0.2, 0) is 0 Å². The summed E-state index contributed by atoms with van der Waals surface area (Å²) in [6, 6.07) is 14.5. The fraction of sp³-hybridized carbons (Fsp3) is 0.0833. The van der Waals surface area contributed by atoms with Gasteiger partial charge in [-0.1, -0.05) is 30.3 Å². The molecule has 1 heteroatoms. The van der Waals surface area contributed by atoms with Crippen LogP contribution in [0.1, 0.15) is 17.3 Å². The van der Waals surface area contributed by atoms with Gasteiger partial charge in [-0.2, -0.15) is 0 Å². The van der Waals surface area contributed by atoms with E-state index in [0.29, 0.717) is 0 Å². The van der Waals surface area contributed by atoms with Gasteiger partial charge >= 0.3 is 0 Å². The Morgan fingerprint density at radius 1 is 1.31 bits per heavy atom. The van der Waals surface area contributed by atoms with E-state index in [4.69, 9.17) is 0 Å². The van der Waals surface area contributed by atoms with Crippen LogP contribution in [0.3, 0.4) is 0 Å². The molecule has 2 aromatic rings. The minimum Gasteiger partial charge on any atom is -0.295 e. The molecule has 0 aliphatic heterocycles. The molecular formula is C12H9O. The molecule has 0 unspecified atom stereocenters. The van der Waals surface area contributed by atoms with Crippen molar-refractivity contribution in [2.75, 3.05) is 0 Å². The van der Waals surface area contributed by atoms with E-state index in [9.17, 15) is 4.79 Å². The Morgan fingerprint density at radius 3 is 2.92 bits per heavy atom. The zero-order valence-corrected chi connectivity index (χ0v) is 7.37. The van der Waals surface area contributed by atoms with Crippen molar-refractivity contribution >= 4 is 16.6 Å². The van der Waals surface area contributed by atoms with Crippen LogP contribution in [-0.4, -0.2) is 5.78 Å². The summed E-state index contributed by atoms with van der Waals surface area (Å²) in [5.41, 5.74) is 0.757. The maximum absolute atomic E-state index is 11.1. The molecule has 0 saturated carbocycles. The molecule has 0 bridgehead atoms. The smallest absolute Gasteiger partial charge is 0.159 e.